The molecular weight excluding hydrogens is 416 g/mol. The number of hydrogen-bond acceptors (Lipinski definition) is 7. The van der Waals surface area contributed by atoms with E-state index in [-0.39, 0.29) is 16.9 Å². The molecule has 1 aliphatic heterocycles. The van der Waals surface area contributed by atoms with Gasteiger partial charge in [0.15, 0.2) is 0 Å². The molecule has 0 aliphatic carbocycles. The van der Waals surface area contributed by atoms with Crippen molar-refractivity contribution in [2.24, 2.45) is 0 Å². The van der Waals surface area contributed by atoms with Gasteiger partial charge in [-0.3, -0.25) is 4.98 Å². The molecule has 1 aliphatic rings. The highest BCUT2D eigenvalue weighted by Crippen LogP contribution is 2.34. The minimum Gasteiger partial charge on any atom is -0.495 e. The Balaban J connectivity index is 1.60. The SMILES string of the molecule is COc1ccc(C(C)C)cc1S(=O)(=O)N1CCC[C@@H]1Cn1nnc(-c2ccccn2)n1. The molecule has 0 spiro atoms. The first-order valence-corrected chi connectivity index (χ1v) is 11.7. The van der Waals surface area contributed by atoms with Crippen LogP contribution in [0.3, 0.4) is 0 Å². The average molecular weight is 443 g/mol. The summed E-state index contributed by atoms with van der Waals surface area (Å²) in [6.07, 6.45) is 3.17. The van der Waals surface area contributed by atoms with Gasteiger partial charge in [0.05, 0.1) is 13.7 Å². The quantitative estimate of drug-likeness (QED) is 0.554. The molecule has 2 aromatic heterocycles. The Morgan fingerprint density at radius 2 is 2.06 bits per heavy atom. The lowest BCUT2D eigenvalue weighted by Crippen LogP contribution is -2.38. The fourth-order valence-corrected chi connectivity index (χ4v) is 5.67. The van der Waals surface area contributed by atoms with E-state index in [9.17, 15) is 8.42 Å². The van der Waals surface area contributed by atoms with Gasteiger partial charge in [0, 0.05) is 18.8 Å². The van der Waals surface area contributed by atoms with Gasteiger partial charge in [-0.2, -0.15) is 9.10 Å². The van der Waals surface area contributed by atoms with Gasteiger partial charge in [-0.15, -0.1) is 10.2 Å². The molecule has 1 fully saturated rings. The minimum atomic E-state index is -3.75. The molecule has 1 aromatic carbocycles. The first-order valence-electron chi connectivity index (χ1n) is 10.3. The van der Waals surface area contributed by atoms with E-state index in [0.717, 1.165) is 18.4 Å². The van der Waals surface area contributed by atoms with Crippen LogP contribution in [-0.2, 0) is 16.6 Å². The van der Waals surface area contributed by atoms with Crippen molar-refractivity contribution in [1.29, 1.82) is 0 Å². The summed E-state index contributed by atoms with van der Waals surface area (Å²) < 4.78 is 34.1. The fourth-order valence-electron chi connectivity index (χ4n) is 3.80. The third-order valence-electron chi connectivity index (χ3n) is 5.48. The number of nitrogens with zero attached hydrogens (tertiary/aromatic N) is 6. The Morgan fingerprint density at radius 1 is 1.23 bits per heavy atom. The van der Waals surface area contributed by atoms with Crippen LogP contribution in [0.4, 0.5) is 0 Å². The number of aromatic nitrogens is 5. The highest BCUT2D eigenvalue weighted by atomic mass is 32.2. The zero-order chi connectivity index (χ0) is 22.0. The van der Waals surface area contributed by atoms with E-state index in [0.29, 0.717) is 30.4 Å². The normalized spacial score (nSPS) is 17.4. The van der Waals surface area contributed by atoms with Crippen molar-refractivity contribution in [2.45, 2.75) is 50.1 Å². The predicted octanol–water partition coefficient (Wildman–Crippen LogP) is 2.72. The molecular formula is C21H26N6O3S. The number of ether oxygens (including phenoxy) is 1. The maximum atomic E-state index is 13.6. The number of pyridine rings is 1. The first kappa shape index (κ1) is 21.4. The Kier molecular flexibility index (Phi) is 6.01. The topological polar surface area (TPSA) is 103 Å². The van der Waals surface area contributed by atoms with Crippen LogP contribution in [-0.4, -0.2) is 57.6 Å². The lowest BCUT2D eigenvalue weighted by Gasteiger charge is -2.25. The summed E-state index contributed by atoms with van der Waals surface area (Å²) in [6, 6.07) is 10.6. The largest absolute Gasteiger partial charge is 0.495 e. The number of methoxy groups -OCH3 is 1. The maximum absolute atomic E-state index is 13.6. The van der Waals surface area contributed by atoms with Crippen LogP contribution in [0.5, 0.6) is 5.75 Å². The van der Waals surface area contributed by atoms with Crippen LogP contribution in [0.1, 0.15) is 38.2 Å². The smallest absolute Gasteiger partial charge is 0.247 e. The van der Waals surface area contributed by atoms with E-state index in [1.165, 1.54) is 11.9 Å². The van der Waals surface area contributed by atoms with Gasteiger partial charge in [-0.25, -0.2) is 8.42 Å². The summed E-state index contributed by atoms with van der Waals surface area (Å²) in [5.74, 6) is 0.976. The molecule has 0 bridgehead atoms. The highest BCUT2D eigenvalue weighted by Gasteiger charge is 2.37. The molecule has 0 saturated carbocycles. The monoisotopic (exact) mass is 442 g/mol. The van der Waals surface area contributed by atoms with E-state index in [1.807, 2.05) is 38.1 Å². The van der Waals surface area contributed by atoms with Crippen LogP contribution in [0.15, 0.2) is 47.5 Å². The number of tetrazole rings is 1. The number of benzene rings is 1. The van der Waals surface area contributed by atoms with Crippen molar-refractivity contribution < 1.29 is 13.2 Å². The molecule has 0 unspecified atom stereocenters. The summed E-state index contributed by atoms with van der Waals surface area (Å²) in [6.45, 7) is 4.84. The minimum absolute atomic E-state index is 0.203. The Bertz CT molecular complexity index is 1150. The number of sulfonamides is 1. The van der Waals surface area contributed by atoms with Crippen LogP contribution < -0.4 is 4.74 Å². The Labute approximate surface area is 182 Å². The van der Waals surface area contributed by atoms with Crippen LogP contribution >= 0.6 is 0 Å². The van der Waals surface area contributed by atoms with Crippen molar-refractivity contribution in [3.8, 4) is 17.3 Å². The third-order valence-corrected chi connectivity index (χ3v) is 7.46. The summed E-state index contributed by atoms with van der Waals surface area (Å²) in [5.41, 5.74) is 1.58. The van der Waals surface area contributed by atoms with Crippen LogP contribution in [0.25, 0.3) is 11.5 Å². The molecule has 31 heavy (non-hydrogen) atoms. The standard InChI is InChI=1S/C21H26N6O3S/c1-15(2)16-9-10-19(30-3)20(13-16)31(28,29)26-12-6-7-17(26)14-27-24-21(23-25-27)18-8-4-5-11-22-18/h4-5,8-11,13,15,17H,6-7,12,14H2,1-3H3/t17-/m1/s1. The maximum Gasteiger partial charge on any atom is 0.247 e. The Hall–Kier alpha value is -2.85. The average Bonchev–Trinajstić information content (AvgIpc) is 3.44. The molecule has 0 N–H and O–H groups in total. The van der Waals surface area contributed by atoms with Crippen molar-refractivity contribution in [3.05, 3.63) is 48.2 Å². The zero-order valence-corrected chi connectivity index (χ0v) is 18.7. The van der Waals surface area contributed by atoms with E-state index in [1.54, 1.807) is 22.6 Å². The lowest BCUT2D eigenvalue weighted by atomic mass is 10.0. The molecule has 1 saturated heterocycles. The van der Waals surface area contributed by atoms with E-state index >= 15 is 0 Å². The number of hydrogen-bond donors (Lipinski definition) is 0. The summed E-state index contributed by atoms with van der Waals surface area (Å²) in [5, 5.41) is 12.6. The number of rotatable bonds is 7. The second-order valence-electron chi connectivity index (χ2n) is 7.86. The van der Waals surface area contributed by atoms with Gasteiger partial charge >= 0.3 is 0 Å². The van der Waals surface area contributed by atoms with E-state index in [2.05, 4.69) is 20.4 Å². The third kappa shape index (κ3) is 4.31. The molecule has 10 heteroatoms. The van der Waals surface area contributed by atoms with Crippen molar-refractivity contribution >= 4 is 10.0 Å². The van der Waals surface area contributed by atoms with Crippen molar-refractivity contribution in [2.75, 3.05) is 13.7 Å². The van der Waals surface area contributed by atoms with Crippen LogP contribution in [0, 0.1) is 0 Å². The molecule has 4 rings (SSSR count). The molecule has 0 amide bonds. The van der Waals surface area contributed by atoms with Crippen molar-refractivity contribution in [1.82, 2.24) is 29.5 Å². The van der Waals surface area contributed by atoms with Gasteiger partial charge in [0.25, 0.3) is 0 Å². The van der Waals surface area contributed by atoms with Crippen molar-refractivity contribution in [3.63, 3.8) is 0 Å². The van der Waals surface area contributed by atoms with Gasteiger partial charge in [0.1, 0.15) is 16.3 Å². The van der Waals surface area contributed by atoms with Gasteiger partial charge < -0.3 is 4.74 Å². The summed E-state index contributed by atoms with van der Waals surface area (Å²) in [7, 11) is -2.26. The Morgan fingerprint density at radius 3 is 2.77 bits per heavy atom. The zero-order valence-electron chi connectivity index (χ0n) is 17.8. The van der Waals surface area contributed by atoms with Gasteiger partial charge in [0.2, 0.25) is 15.8 Å². The predicted molar refractivity (Wildman–Crippen MR) is 115 cm³/mol. The van der Waals surface area contributed by atoms with Gasteiger partial charge in [-0.1, -0.05) is 26.0 Å². The molecule has 164 valence electrons. The molecule has 1 atom stereocenters. The highest BCUT2D eigenvalue weighted by molar-refractivity contribution is 7.89. The second-order valence-corrected chi connectivity index (χ2v) is 9.72. The van der Waals surface area contributed by atoms with E-state index in [4.69, 9.17) is 4.74 Å². The van der Waals surface area contributed by atoms with Crippen LogP contribution in [0.2, 0.25) is 0 Å². The van der Waals surface area contributed by atoms with Gasteiger partial charge in [-0.05, 0) is 53.8 Å². The lowest BCUT2D eigenvalue weighted by molar-refractivity contribution is 0.321. The molecule has 3 heterocycles. The summed E-state index contributed by atoms with van der Waals surface area (Å²) >= 11 is 0. The molecule has 3 aromatic rings. The second kappa shape index (κ2) is 8.72. The summed E-state index contributed by atoms with van der Waals surface area (Å²) in [4.78, 5) is 5.88. The first-order chi connectivity index (χ1) is 14.9. The molecule has 0 radical (unpaired) electrons. The van der Waals surface area contributed by atoms with E-state index < -0.39 is 10.0 Å². The fraction of sp³-hybridized carbons (Fsp3) is 0.429. The molecule has 9 nitrogen and oxygen atoms in total.